The molecule has 3 rings (SSSR count). The maximum atomic E-state index is 4.62. The van der Waals surface area contributed by atoms with Gasteiger partial charge in [-0.2, -0.15) is 0 Å². The number of hydrogen-bond acceptors (Lipinski definition) is 1. The maximum Gasteiger partial charge on any atom is 0.0281 e. The molecule has 1 saturated heterocycles. The van der Waals surface area contributed by atoms with Crippen molar-refractivity contribution in [2.45, 2.75) is 103 Å². The van der Waals surface area contributed by atoms with E-state index in [9.17, 15) is 0 Å². The summed E-state index contributed by atoms with van der Waals surface area (Å²) in [4.78, 5) is 2.94. The van der Waals surface area contributed by atoms with Crippen molar-refractivity contribution < 1.29 is 0 Å². The van der Waals surface area contributed by atoms with Crippen LogP contribution in [0.1, 0.15) is 91.4 Å². The number of fused-ring (bicyclic) bond motifs is 1. The van der Waals surface area contributed by atoms with Gasteiger partial charge in [0.05, 0.1) is 0 Å². The van der Waals surface area contributed by atoms with E-state index in [0.29, 0.717) is 6.04 Å². The molecule has 1 nitrogen and oxygen atoms in total. The number of allylic oxidation sites excluding steroid dienone is 3. The molecule has 0 aromatic carbocycles. The first-order valence-corrected chi connectivity index (χ1v) is 12.8. The van der Waals surface area contributed by atoms with E-state index in [1.165, 1.54) is 77.2 Å². The van der Waals surface area contributed by atoms with Gasteiger partial charge in [0.25, 0.3) is 0 Å². The molecule has 7 atom stereocenters. The lowest BCUT2D eigenvalue weighted by Crippen LogP contribution is -2.43. The summed E-state index contributed by atoms with van der Waals surface area (Å²) in [6.07, 6.45) is 21.8. The van der Waals surface area contributed by atoms with Crippen molar-refractivity contribution in [2.24, 2.45) is 29.6 Å². The summed E-state index contributed by atoms with van der Waals surface area (Å²) in [6, 6.07) is 1.50. The Morgan fingerprint density at radius 2 is 2.03 bits per heavy atom. The summed E-state index contributed by atoms with van der Waals surface area (Å²) in [5.74, 6) is 4.17. The van der Waals surface area contributed by atoms with E-state index in [-0.39, 0.29) is 0 Å². The fourth-order valence-corrected chi connectivity index (χ4v) is 6.48. The number of rotatable bonds is 10. The highest BCUT2D eigenvalue weighted by Crippen LogP contribution is 2.47. The van der Waals surface area contributed by atoms with E-state index >= 15 is 0 Å². The molecule has 1 aliphatic heterocycles. The Bertz CT molecular complexity index is 561. The molecule has 1 saturated carbocycles. The molecule has 0 aromatic heterocycles. The van der Waals surface area contributed by atoms with Crippen molar-refractivity contribution in [3.8, 4) is 0 Å². The van der Waals surface area contributed by atoms with Crippen LogP contribution in [0, 0.1) is 29.6 Å². The van der Waals surface area contributed by atoms with E-state index in [2.05, 4.69) is 57.1 Å². The third-order valence-corrected chi connectivity index (χ3v) is 8.76. The second-order valence-electron chi connectivity index (χ2n) is 10.6. The maximum absolute atomic E-state index is 4.62. The van der Waals surface area contributed by atoms with Crippen LogP contribution in [-0.2, 0) is 0 Å². The van der Waals surface area contributed by atoms with Gasteiger partial charge in [-0.05, 0) is 93.8 Å². The molecule has 1 heteroatoms. The van der Waals surface area contributed by atoms with Gasteiger partial charge < -0.3 is 0 Å². The van der Waals surface area contributed by atoms with E-state index in [4.69, 9.17) is 0 Å². The first-order chi connectivity index (χ1) is 14.0. The van der Waals surface area contributed by atoms with Crippen LogP contribution in [0.25, 0.3) is 0 Å². The molecule has 0 amide bonds. The Labute approximate surface area is 181 Å². The van der Waals surface area contributed by atoms with Crippen LogP contribution in [0.3, 0.4) is 0 Å². The van der Waals surface area contributed by atoms with Crippen molar-refractivity contribution in [3.05, 3.63) is 37.0 Å². The Morgan fingerprint density at radius 3 is 2.72 bits per heavy atom. The summed E-state index contributed by atoms with van der Waals surface area (Å²) in [7, 11) is 0. The van der Waals surface area contributed by atoms with Gasteiger partial charge in [0.15, 0.2) is 0 Å². The van der Waals surface area contributed by atoms with Crippen molar-refractivity contribution in [1.29, 1.82) is 0 Å². The molecule has 5 unspecified atom stereocenters. The van der Waals surface area contributed by atoms with Gasteiger partial charge in [0.2, 0.25) is 0 Å². The second kappa shape index (κ2) is 11.0. The van der Waals surface area contributed by atoms with Crippen LogP contribution in [-0.4, -0.2) is 23.5 Å². The van der Waals surface area contributed by atoms with Crippen LogP contribution in [0.15, 0.2) is 37.0 Å². The largest absolute Gasteiger partial charge is 0.293 e. The summed E-state index contributed by atoms with van der Waals surface area (Å²) < 4.78 is 0. The zero-order chi connectivity index (χ0) is 20.8. The summed E-state index contributed by atoms with van der Waals surface area (Å²) in [5.41, 5.74) is 1.56. The van der Waals surface area contributed by atoms with Crippen LogP contribution >= 0.6 is 0 Å². The molecule has 29 heavy (non-hydrogen) atoms. The van der Waals surface area contributed by atoms with Crippen molar-refractivity contribution >= 4 is 0 Å². The monoisotopic (exact) mass is 397 g/mol. The zero-order valence-corrected chi connectivity index (χ0v) is 19.6. The first-order valence-electron chi connectivity index (χ1n) is 12.8. The van der Waals surface area contributed by atoms with E-state index < -0.39 is 0 Å². The quantitative estimate of drug-likeness (QED) is 0.268. The molecule has 0 aromatic rings. The van der Waals surface area contributed by atoms with E-state index in [1.807, 2.05) is 0 Å². The van der Waals surface area contributed by atoms with Gasteiger partial charge in [-0.15, -0.1) is 6.58 Å². The average molecular weight is 398 g/mol. The van der Waals surface area contributed by atoms with Gasteiger partial charge in [-0.25, -0.2) is 0 Å². The minimum atomic E-state index is 0.701. The van der Waals surface area contributed by atoms with Gasteiger partial charge in [-0.1, -0.05) is 57.6 Å². The van der Waals surface area contributed by atoms with Gasteiger partial charge in [0.1, 0.15) is 0 Å². The first kappa shape index (κ1) is 22.9. The highest BCUT2D eigenvalue weighted by molar-refractivity contribution is 5.11. The van der Waals surface area contributed by atoms with Crippen LogP contribution in [0.2, 0.25) is 0 Å². The normalized spacial score (nSPS) is 34.5. The zero-order valence-electron chi connectivity index (χ0n) is 19.6. The predicted molar refractivity (Wildman–Crippen MR) is 128 cm³/mol. The van der Waals surface area contributed by atoms with Gasteiger partial charge >= 0.3 is 0 Å². The summed E-state index contributed by atoms with van der Waals surface area (Å²) >= 11 is 0. The fourth-order valence-electron chi connectivity index (χ4n) is 6.48. The van der Waals surface area contributed by atoms with E-state index in [1.54, 1.807) is 5.57 Å². The molecule has 0 bridgehead atoms. The van der Waals surface area contributed by atoms with Crippen molar-refractivity contribution in [2.75, 3.05) is 6.54 Å². The smallest absolute Gasteiger partial charge is 0.0281 e. The molecular weight excluding hydrogens is 350 g/mol. The molecule has 3 aliphatic rings. The lowest BCUT2D eigenvalue weighted by atomic mass is 9.70. The molecule has 0 radical (unpaired) electrons. The molecular formula is C28H47N. The molecule has 0 spiro atoms. The molecule has 2 aliphatic carbocycles. The lowest BCUT2D eigenvalue weighted by molar-refractivity contribution is 0.123. The Hall–Kier alpha value is -0.820. The van der Waals surface area contributed by atoms with Crippen molar-refractivity contribution in [1.82, 2.24) is 4.90 Å². The molecule has 1 heterocycles. The molecule has 2 fully saturated rings. The minimum absolute atomic E-state index is 0.701. The third kappa shape index (κ3) is 5.66. The number of hydrogen-bond donors (Lipinski definition) is 0. The topological polar surface area (TPSA) is 3.24 Å². The lowest BCUT2D eigenvalue weighted by Gasteiger charge is -2.41. The van der Waals surface area contributed by atoms with Gasteiger partial charge in [0, 0.05) is 18.6 Å². The Balaban J connectivity index is 1.66. The SMILES string of the molecule is C=CCCCC1CN(C2C=CCCC2)C2CC(C(=C)C[C@@H](C)[C@@H](C)CC)CCC12. The molecule has 0 N–H and O–H groups in total. The van der Waals surface area contributed by atoms with Crippen LogP contribution in [0.4, 0.5) is 0 Å². The fraction of sp³-hybridized carbons (Fsp3) is 0.786. The standard InChI is InChI=1S/C28H47N/c1-6-8-10-13-25-20-29(26-14-11-9-12-15-26)28-19-24(16-17-27(25)28)23(5)18-22(4)21(3)7-2/h6,11,14,21-22,24-28H,1,5,7-10,12-13,15-20H2,2-4H3/t21-,22+,24?,25?,26?,27?,28?/m0/s1. The number of nitrogens with zero attached hydrogens (tertiary/aromatic N) is 1. The van der Waals surface area contributed by atoms with Crippen molar-refractivity contribution in [3.63, 3.8) is 0 Å². The highest BCUT2D eigenvalue weighted by atomic mass is 15.2. The predicted octanol–water partition coefficient (Wildman–Crippen LogP) is 7.80. The number of unbranched alkanes of at least 4 members (excludes halogenated alkanes) is 1. The Kier molecular flexibility index (Phi) is 8.66. The third-order valence-electron chi connectivity index (χ3n) is 8.76. The van der Waals surface area contributed by atoms with Gasteiger partial charge in [-0.3, -0.25) is 4.90 Å². The second-order valence-corrected chi connectivity index (χ2v) is 10.6. The van der Waals surface area contributed by atoms with Crippen LogP contribution in [0.5, 0.6) is 0 Å². The van der Waals surface area contributed by atoms with Crippen LogP contribution < -0.4 is 0 Å². The number of likely N-dealkylation sites (tertiary alicyclic amines) is 1. The molecule has 164 valence electrons. The minimum Gasteiger partial charge on any atom is -0.293 e. The van der Waals surface area contributed by atoms with E-state index in [0.717, 1.165) is 35.6 Å². The summed E-state index contributed by atoms with van der Waals surface area (Å²) in [5, 5.41) is 0. The summed E-state index contributed by atoms with van der Waals surface area (Å²) in [6.45, 7) is 17.1. The Morgan fingerprint density at radius 1 is 1.21 bits per heavy atom. The average Bonchev–Trinajstić information content (AvgIpc) is 3.11. The highest BCUT2D eigenvalue weighted by Gasteiger charge is 2.46.